The summed E-state index contributed by atoms with van der Waals surface area (Å²) in [7, 11) is 5.64. The molecule has 2 rings (SSSR count). The Morgan fingerprint density at radius 2 is 2.17 bits per heavy atom. The molecule has 0 aliphatic rings. The van der Waals surface area contributed by atoms with Crippen molar-refractivity contribution in [2.75, 3.05) is 32.2 Å². The van der Waals surface area contributed by atoms with E-state index in [0.29, 0.717) is 0 Å². The van der Waals surface area contributed by atoms with Crippen molar-refractivity contribution in [1.29, 1.82) is 0 Å². The highest BCUT2D eigenvalue weighted by Gasteiger charge is 2.12. The van der Waals surface area contributed by atoms with Crippen LogP contribution >= 0.6 is 0 Å². The van der Waals surface area contributed by atoms with E-state index in [0.717, 1.165) is 42.2 Å². The van der Waals surface area contributed by atoms with E-state index in [1.165, 1.54) is 0 Å². The first-order valence-electron chi connectivity index (χ1n) is 6.00. The molecule has 0 unspecified atom stereocenters. The first kappa shape index (κ1) is 12.8. The minimum atomic E-state index is 0.755. The molecule has 0 aliphatic heterocycles. The van der Waals surface area contributed by atoms with Crippen molar-refractivity contribution in [2.45, 2.75) is 13.3 Å². The van der Waals surface area contributed by atoms with Crippen LogP contribution in [0.2, 0.25) is 0 Å². The van der Waals surface area contributed by atoms with Gasteiger partial charge in [-0.25, -0.2) is 9.97 Å². The van der Waals surface area contributed by atoms with Gasteiger partial charge in [0.05, 0.1) is 11.6 Å². The fourth-order valence-corrected chi connectivity index (χ4v) is 1.96. The zero-order valence-corrected chi connectivity index (χ0v) is 11.3. The highest BCUT2D eigenvalue weighted by molar-refractivity contribution is 5.86. The lowest BCUT2D eigenvalue weighted by Gasteiger charge is -2.18. The largest absolute Gasteiger partial charge is 0.385 e. The summed E-state index contributed by atoms with van der Waals surface area (Å²) in [5.41, 5.74) is 0.871. The maximum Gasteiger partial charge on any atom is 0.163 e. The number of methoxy groups -OCH3 is 1. The van der Waals surface area contributed by atoms with Crippen LogP contribution < -0.4 is 4.90 Å². The molecule has 0 spiro atoms. The molecule has 0 radical (unpaired) electrons. The number of rotatable bonds is 5. The molecule has 6 nitrogen and oxygen atoms in total. The maximum atomic E-state index is 5.07. The minimum Gasteiger partial charge on any atom is -0.385 e. The lowest BCUT2D eigenvalue weighted by Crippen LogP contribution is -2.21. The van der Waals surface area contributed by atoms with Crippen molar-refractivity contribution in [3.63, 3.8) is 0 Å². The summed E-state index contributed by atoms with van der Waals surface area (Å²) in [4.78, 5) is 11.0. The van der Waals surface area contributed by atoms with Crippen LogP contribution in [0.25, 0.3) is 11.0 Å². The predicted molar refractivity (Wildman–Crippen MR) is 70.8 cm³/mol. The molecule has 0 atom stereocenters. The molecule has 0 fully saturated rings. The summed E-state index contributed by atoms with van der Waals surface area (Å²) < 4.78 is 6.84. The van der Waals surface area contributed by atoms with Gasteiger partial charge in [0.2, 0.25) is 0 Å². The van der Waals surface area contributed by atoms with E-state index in [1.807, 2.05) is 27.2 Å². The van der Waals surface area contributed by atoms with Gasteiger partial charge in [-0.1, -0.05) is 0 Å². The van der Waals surface area contributed by atoms with Crippen LogP contribution in [0.4, 0.5) is 5.82 Å². The third-order valence-corrected chi connectivity index (χ3v) is 2.89. The maximum absolute atomic E-state index is 5.07. The molecule has 18 heavy (non-hydrogen) atoms. The second-order valence-electron chi connectivity index (χ2n) is 4.37. The van der Waals surface area contributed by atoms with Crippen LogP contribution in [0.1, 0.15) is 12.2 Å². The first-order chi connectivity index (χ1) is 8.63. The molecule has 0 aliphatic carbocycles. The monoisotopic (exact) mass is 249 g/mol. The summed E-state index contributed by atoms with van der Waals surface area (Å²) in [6.45, 7) is 3.55. The van der Waals surface area contributed by atoms with Gasteiger partial charge >= 0.3 is 0 Å². The van der Waals surface area contributed by atoms with Crippen LogP contribution in [0.3, 0.4) is 0 Å². The zero-order valence-electron chi connectivity index (χ0n) is 11.3. The Bertz CT molecular complexity index is 536. The molecule has 98 valence electrons. The van der Waals surface area contributed by atoms with E-state index >= 15 is 0 Å². The minimum absolute atomic E-state index is 0.755. The molecule has 2 aromatic heterocycles. The average molecular weight is 249 g/mol. The fourth-order valence-electron chi connectivity index (χ4n) is 1.96. The number of anilines is 1. The number of nitrogens with zero attached hydrogens (tertiary/aromatic N) is 5. The van der Waals surface area contributed by atoms with E-state index in [4.69, 9.17) is 4.74 Å². The topological polar surface area (TPSA) is 56.1 Å². The number of aromatic nitrogens is 4. The van der Waals surface area contributed by atoms with E-state index < -0.39 is 0 Å². The SMILES string of the molecule is COCCCN(C)c1nc(C)nc2c1cnn2C. The summed E-state index contributed by atoms with van der Waals surface area (Å²) in [6.07, 6.45) is 2.79. The Balaban J connectivity index is 2.31. The van der Waals surface area contributed by atoms with Crippen molar-refractivity contribution >= 4 is 16.9 Å². The van der Waals surface area contributed by atoms with Gasteiger partial charge < -0.3 is 9.64 Å². The van der Waals surface area contributed by atoms with Gasteiger partial charge in [0.1, 0.15) is 11.6 Å². The lowest BCUT2D eigenvalue weighted by atomic mass is 10.3. The molecule has 0 saturated carbocycles. The Morgan fingerprint density at radius 3 is 2.89 bits per heavy atom. The molecule has 2 heterocycles. The molecule has 0 amide bonds. The zero-order chi connectivity index (χ0) is 13.1. The number of ether oxygens (including phenoxy) is 1. The van der Waals surface area contributed by atoms with Crippen molar-refractivity contribution in [1.82, 2.24) is 19.7 Å². The van der Waals surface area contributed by atoms with Gasteiger partial charge in [0.25, 0.3) is 0 Å². The second kappa shape index (κ2) is 5.30. The summed E-state index contributed by atoms with van der Waals surface area (Å²) in [5, 5.41) is 5.23. The van der Waals surface area contributed by atoms with Crippen LogP contribution in [0.15, 0.2) is 6.20 Å². The average Bonchev–Trinajstić information content (AvgIpc) is 2.70. The van der Waals surface area contributed by atoms with Gasteiger partial charge in [-0.3, -0.25) is 4.68 Å². The van der Waals surface area contributed by atoms with Gasteiger partial charge in [-0.15, -0.1) is 0 Å². The molecule has 0 aromatic carbocycles. The Labute approximate surface area is 107 Å². The molecule has 6 heteroatoms. The van der Waals surface area contributed by atoms with Crippen molar-refractivity contribution in [3.8, 4) is 0 Å². The third-order valence-electron chi connectivity index (χ3n) is 2.89. The summed E-state index contributed by atoms with van der Waals surface area (Å²) in [5.74, 6) is 1.70. The normalized spacial score (nSPS) is 11.1. The second-order valence-corrected chi connectivity index (χ2v) is 4.37. The first-order valence-corrected chi connectivity index (χ1v) is 6.00. The molecule has 0 N–H and O–H groups in total. The molecule has 0 bridgehead atoms. The summed E-state index contributed by atoms with van der Waals surface area (Å²) >= 11 is 0. The third kappa shape index (κ3) is 2.43. The lowest BCUT2D eigenvalue weighted by molar-refractivity contribution is 0.196. The highest BCUT2D eigenvalue weighted by Crippen LogP contribution is 2.22. The van der Waals surface area contributed by atoms with Crippen LogP contribution in [0.5, 0.6) is 0 Å². The summed E-state index contributed by atoms with van der Waals surface area (Å²) in [6, 6.07) is 0. The van der Waals surface area contributed by atoms with Crippen LogP contribution in [0, 0.1) is 6.92 Å². The van der Waals surface area contributed by atoms with Crippen molar-refractivity contribution in [3.05, 3.63) is 12.0 Å². The Morgan fingerprint density at radius 1 is 1.39 bits per heavy atom. The number of hydrogen-bond acceptors (Lipinski definition) is 5. The van der Waals surface area contributed by atoms with Crippen LogP contribution in [-0.2, 0) is 11.8 Å². The van der Waals surface area contributed by atoms with Crippen LogP contribution in [-0.4, -0.2) is 47.1 Å². The number of hydrogen-bond donors (Lipinski definition) is 0. The van der Waals surface area contributed by atoms with Crippen molar-refractivity contribution in [2.24, 2.45) is 7.05 Å². The Kier molecular flexibility index (Phi) is 3.76. The predicted octanol–water partition coefficient (Wildman–Crippen LogP) is 1.14. The van der Waals surface area contributed by atoms with E-state index in [-0.39, 0.29) is 0 Å². The quantitative estimate of drug-likeness (QED) is 0.744. The smallest absolute Gasteiger partial charge is 0.163 e. The molecular formula is C12H19N5O. The molecule has 2 aromatic rings. The van der Waals surface area contributed by atoms with Gasteiger partial charge in [-0.05, 0) is 13.3 Å². The van der Waals surface area contributed by atoms with Gasteiger partial charge in [0, 0.05) is 34.4 Å². The van der Waals surface area contributed by atoms with Gasteiger partial charge in [-0.2, -0.15) is 5.10 Å². The fraction of sp³-hybridized carbons (Fsp3) is 0.583. The van der Waals surface area contributed by atoms with E-state index in [2.05, 4.69) is 20.0 Å². The molecular weight excluding hydrogens is 230 g/mol. The standard InChI is InChI=1S/C12H19N5O/c1-9-14-11(16(2)6-5-7-18-4)10-8-13-17(3)12(10)15-9/h8H,5-7H2,1-4H3. The highest BCUT2D eigenvalue weighted by atomic mass is 16.5. The Hall–Kier alpha value is -1.69. The van der Waals surface area contributed by atoms with Crippen molar-refractivity contribution < 1.29 is 4.74 Å². The number of aryl methyl sites for hydroxylation is 2. The van der Waals surface area contributed by atoms with Gasteiger partial charge in [0.15, 0.2) is 5.65 Å². The van der Waals surface area contributed by atoms with E-state index in [9.17, 15) is 0 Å². The molecule has 0 saturated heterocycles. The van der Waals surface area contributed by atoms with E-state index in [1.54, 1.807) is 11.8 Å². The number of fused-ring (bicyclic) bond motifs is 1.